The Hall–Kier alpha value is -0.680. The first-order chi connectivity index (χ1) is 8.86. The molecule has 2 heterocycles. The summed E-state index contributed by atoms with van der Waals surface area (Å²) in [6.07, 6.45) is 2.56. The van der Waals surface area contributed by atoms with Gasteiger partial charge in [-0.1, -0.05) is 20.8 Å². The second-order valence-corrected chi connectivity index (χ2v) is 7.12. The van der Waals surface area contributed by atoms with Crippen LogP contribution >= 0.6 is 15.9 Å². The molecule has 0 spiro atoms. The maximum atomic E-state index is 4.62. The zero-order valence-corrected chi connectivity index (χ0v) is 13.8. The van der Waals surface area contributed by atoms with Gasteiger partial charge in [0.25, 0.3) is 0 Å². The van der Waals surface area contributed by atoms with Gasteiger partial charge in [0.15, 0.2) is 0 Å². The third-order valence-electron chi connectivity index (χ3n) is 3.56. The van der Waals surface area contributed by atoms with E-state index in [1.807, 2.05) is 6.07 Å². The van der Waals surface area contributed by atoms with Crippen LogP contribution in [0, 0.1) is 0 Å². The normalized spacial score (nSPS) is 20.8. The van der Waals surface area contributed by atoms with E-state index >= 15 is 0 Å². The molecule has 0 bridgehead atoms. The molecule has 1 atom stereocenters. The van der Waals surface area contributed by atoms with Crippen molar-refractivity contribution in [1.82, 2.24) is 14.9 Å². The van der Waals surface area contributed by atoms with Crippen molar-refractivity contribution < 1.29 is 0 Å². The second kappa shape index (κ2) is 5.75. The standard InChI is InChI=1S/C14H23BrN4/c1-14(2,3)13-17-11(15)8-12(18-13)16-9-10-6-5-7-19(10)4/h8,10H,5-7,9H2,1-4H3,(H,16,17,18). The molecule has 1 fully saturated rings. The number of halogens is 1. The van der Waals surface area contributed by atoms with E-state index in [1.165, 1.54) is 19.4 Å². The zero-order chi connectivity index (χ0) is 14.0. The average molecular weight is 327 g/mol. The van der Waals surface area contributed by atoms with E-state index in [9.17, 15) is 0 Å². The van der Waals surface area contributed by atoms with Gasteiger partial charge in [-0.05, 0) is 42.4 Å². The Morgan fingerprint density at radius 1 is 1.42 bits per heavy atom. The zero-order valence-electron chi connectivity index (χ0n) is 12.2. The van der Waals surface area contributed by atoms with Crippen molar-refractivity contribution in [2.45, 2.75) is 45.1 Å². The van der Waals surface area contributed by atoms with Crippen LogP contribution in [0.5, 0.6) is 0 Å². The minimum atomic E-state index is -0.0373. The minimum absolute atomic E-state index is 0.0373. The average Bonchev–Trinajstić information content (AvgIpc) is 2.70. The number of likely N-dealkylation sites (tertiary alicyclic amines) is 1. The van der Waals surface area contributed by atoms with E-state index in [2.05, 4.69) is 63.9 Å². The van der Waals surface area contributed by atoms with Crippen LogP contribution in [0.4, 0.5) is 5.82 Å². The molecule has 0 aliphatic carbocycles. The summed E-state index contributed by atoms with van der Waals surface area (Å²) < 4.78 is 0.842. The van der Waals surface area contributed by atoms with E-state index in [1.54, 1.807) is 0 Å². The van der Waals surface area contributed by atoms with Gasteiger partial charge in [-0.3, -0.25) is 0 Å². The Labute approximate surface area is 124 Å². The molecule has 1 unspecified atom stereocenters. The first-order valence-electron chi connectivity index (χ1n) is 6.85. The van der Waals surface area contributed by atoms with Gasteiger partial charge in [0.2, 0.25) is 0 Å². The summed E-state index contributed by atoms with van der Waals surface area (Å²) in [6, 6.07) is 2.57. The third kappa shape index (κ3) is 3.89. The maximum absolute atomic E-state index is 4.62. The summed E-state index contributed by atoms with van der Waals surface area (Å²) in [7, 11) is 2.19. The molecular weight excluding hydrogens is 304 g/mol. The Morgan fingerprint density at radius 2 is 2.16 bits per heavy atom. The van der Waals surface area contributed by atoms with E-state index in [4.69, 9.17) is 0 Å². The van der Waals surface area contributed by atoms with E-state index in [0.717, 1.165) is 22.8 Å². The summed E-state index contributed by atoms with van der Waals surface area (Å²) >= 11 is 3.47. The van der Waals surface area contributed by atoms with Crippen LogP contribution < -0.4 is 5.32 Å². The highest BCUT2D eigenvalue weighted by atomic mass is 79.9. The molecular formula is C14H23BrN4. The van der Waals surface area contributed by atoms with Gasteiger partial charge in [-0.25, -0.2) is 9.97 Å². The fraction of sp³-hybridized carbons (Fsp3) is 0.714. The molecule has 1 N–H and O–H groups in total. The molecule has 0 amide bonds. The van der Waals surface area contributed by atoms with Crippen molar-refractivity contribution in [2.75, 3.05) is 25.5 Å². The monoisotopic (exact) mass is 326 g/mol. The fourth-order valence-corrected chi connectivity index (χ4v) is 2.69. The lowest BCUT2D eigenvalue weighted by Gasteiger charge is -2.21. The molecule has 1 aliphatic rings. The largest absolute Gasteiger partial charge is 0.368 e. The second-order valence-electron chi connectivity index (χ2n) is 6.31. The smallest absolute Gasteiger partial charge is 0.137 e. The van der Waals surface area contributed by atoms with Gasteiger partial charge < -0.3 is 10.2 Å². The highest BCUT2D eigenvalue weighted by molar-refractivity contribution is 9.10. The van der Waals surface area contributed by atoms with Crippen molar-refractivity contribution in [3.05, 3.63) is 16.5 Å². The lowest BCUT2D eigenvalue weighted by molar-refractivity contribution is 0.322. The summed E-state index contributed by atoms with van der Waals surface area (Å²) in [5.41, 5.74) is -0.0373. The summed E-state index contributed by atoms with van der Waals surface area (Å²) in [5.74, 6) is 1.77. The molecule has 2 rings (SSSR count). The van der Waals surface area contributed by atoms with Gasteiger partial charge in [-0.15, -0.1) is 0 Å². The van der Waals surface area contributed by atoms with E-state index in [-0.39, 0.29) is 5.41 Å². The molecule has 106 valence electrons. The lowest BCUT2D eigenvalue weighted by atomic mass is 9.96. The Balaban J connectivity index is 2.06. The van der Waals surface area contributed by atoms with Gasteiger partial charge in [0.1, 0.15) is 16.2 Å². The predicted octanol–water partition coefficient (Wildman–Crippen LogP) is 3.04. The Kier molecular flexibility index (Phi) is 4.46. The summed E-state index contributed by atoms with van der Waals surface area (Å²) in [6.45, 7) is 8.53. The SMILES string of the molecule is CN1CCCC1CNc1cc(Br)nc(C(C)(C)C)n1. The van der Waals surface area contributed by atoms with E-state index < -0.39 is 0 Å². The van der Waals surface area contributed by atoms with Crippen LogP contribution in [0.15, 0.2) is 10.7 Å². The lowest BCUT2D eigenvalue weighted by Crippen LogP contribution is -2.32. The summed E-state index contributed by atoms with van der Waals surface area (Å²) in [4.78, 5) is 11.5. The van der Waals surface area contributed by atoms with Gasteiger partial charge in [0, 0.05) is 24.1 Å². The van der Waals surface area contributed by atoms with Crippen molar-refractivity contribution in [2.24, 2.45) is 0 Å². The maximum Gasteiger partial charge on any atom is 0.137 e. The van der Waals surface area contributed by atoms with Gasteiger partial charge in [0.05, 0.1) is 0 Å². The highest BCUT2D eigenvalue weighted by Gasteiger charge is 2.22. The van der Waals surface area contributed by atoms with Crippen molar-refractivity contribution in [1.29, 1.82) is 0 Å². The first kappa shape index (κ1) is 14.7. The van der Waals surface area contributed by atoms with Crippen LogP contribution in [-0.2, 0) is 5.41 Å². The van der Waals surface area contributed by atoms with E-state index in [0.29, 0.717) is 6.04 Å². The number of hydrogen-bond donors (Lipinski definition) is 1. The Morgan fingerprint density at radius 3 is 2.74 bits per heavy atom. The highest BCUT2D eigenvalue weighted by Crippen LogP contribution is 2.23. The van der Waals surface area contributed by atoms with Crippen LogP contribution in [-0.4, -0.2) is 41.0 Å². The molecule has 1 aliphatic heterocycles. The quantitative estimate of drug-likeness (QED) is 0.867. The molecule has 5 heteroatoms. The summed E-state index contributed by atoms with van der Waals surface area (Å²) in [5, 5.41) is 3.45. The molecule has 1 aromatic heterocycles. The molecule has 0 aromatic carbocycles. The first-order valence-corrected chi connectivity index (χ1v) is 7.65. The minimum Gasteiger partial charge on any atom is -0.368 e. The van der Waals surface area contributed by atoms with Crippen LogP contribution in [0.25, 0.3) is 0 Å². The molecule has 0 radical (unpaired) electrons. The number of nitrogens with zero attached hydrogens (tertiary/aromatic N) is 3. The van der Waals surface area contributed by atoms with Gasteiger partial charge >= 0.3 is 0 Å². The fourth-order valence-electron chi connectivity index (χ4n) is 2.30. The number of aromatic nitrogens is 2. The Bertz CT molecular complexity index is 442. The molecule has 4 nitrogen and oxygen atoms in total. The van der Waals surface area contributed by atoms with Crippen molar-refractivity contribution in [3.63, 3.8) is 0 Å². The molecule has 1 aromatic rings. The molecule has 1 saturated heterocycles. The number of nitrogens with one attached hydrogen (secondary N) is 1. The predicted molar refractivity (Wildman–Crippen MR) is 82.6 cm³/mol. The number of likely N-dealkylation sites (N-methyl/N-ethyl adjacent to an activating group) is 1. The topological polar surface area (TPSA) is 41.0 Å². The number of rotatable bonds is 3. The van der Waals surface area contributed by atoms with Crippen molar-refractivity contribution >= 4 is 21.7 Å². The number of hydrogen-bond acceptors (Lipinski definition) is 4. The molecule has 0 saturated carbocycles. The van der Waals surface area contributed by atoms with Crippen LogP contribution in [0.1, 0.15) is 39.4 Å². The number of anilines is 1. The van der Waals surface area contributed by atoms with Gasteiger partial charge in [-0.2, -0.15) is 0 Å². The van der Waals surface area contributed by atoms with Crippen LogP contribution in [0.3, 0.4) is 0 Å². The third-order valence-corrected chi connectivity index (χ3v) is 3.96. The molecule has 19 heavy (non-hydrogen) atoms. The van der Waals surface area contributed by atoms with Crippen LogP contribution in [0.2, 0.25) is 0 Å². The van der Waals surface area contributed by atoms with Crippen molar-refractivity contribution in [3.8, 4) is 0 Å².